The highest BCUT2D eigenvalue weighted by molar-refractivity contribution is 5.42. The molecule has 4 heteroatoms. The molecule has 1 N–H and O–H groups in total. The van der Waals surface area contributed by atoms with Crippen LogP contribution in [0.5, 0.6) is 11.5 Å². The Morgan fingerprint density at radius 1 is 1.29 bits per heavy atom. The van der Waals surface area contributed by atoms with Crippen LogP contribution in [0.25, 0.3) is 0 Å². The summed E-state index contributed by atoms with van der Waals surface area (Å²) >= 11 is 0. The van der Waals surface area contributed by atoms with E-state index in [1.54, 1.807) is 14.2 Å². The Balaban J connectivity index is 2.75. The minimum Gasteiger partial charge on any atom is -0.497 e. The lowest BCUT2D eigenvalue weighted by atomic mass is 9.87. The van der Waals surface area contributed by atoms with Gasteiger partial charge in [-0.3, -0.25) is 0 Å². The van der Waals surface area contributed by atoms with Crippen molar-refractivity contribution in [3.63, 3.8) is 0 Å². The predicted octanol–water partition coefficient (Wildman–Crippen LogP) is 3.68. The summed E-state index contributed by atoms with van der Waals surface area (Å²) in [6, 6.07) is 8.18. The second kappa shape index (κ2) is 7.90. The lowest BCUT2D eigenvalue weighted by Gasteiger charge is -2.27. The van der Waals surface area contributed by atoms with E-state index in [9.17, 15) is 0 Å². The van der Waals surface area contributed by atoms with Gasteiger partial charge in [-0.05, 0) is 37.0 Å². The second-order valence-corrected chi connectivity index (χ2v) is 6.03. The van der Waals surface area contributed by atoms with Crippen LogP contribution in [0.1, 0.15) is 45.2 Å². The molecule has 1 unspecified atom stereocenters. The van der Waals surface area contributed by atoms with Crippen LogP contribution in [0.2, 0.25) is 0 Å². The molecular weight excluding hydrogens is 264 g/mol. The van der Waals surface area contributed by atoms with Gasteiger partial charge in [0, 0.05) is 24.6 Å². The number of ether oxygens (including phenoxy) is 2. The first-order valence-electron chi connectivity index (χ1n) is 7.26. The van der Waals surface area contributed by atoms with E-state index in [-0.39, 0.29) is 11.5 Å². The van der Waals surface area contributed by atoms with Crippen LogP contribution in [0.4, 0.5) is 0 Å². The number of nitrogens with zero attached hydrogens (tertiary/aromatic N) is 1. The number of nitrogens with one attached hydrogen (secondary N) is 1. The van der Waals surface area contributed by atoms with Crippen LogP contribution in [-0.4, -0.2) is 20.8 Å². The highest BCUT2D eigenvalue weighted by Gasteiger charge is 2.20. The highest BCUT2D eigenvalue weighted by atomic mass is 16.5. The van der Waals surface area contributed by atoms with Gasteiger partial charge >= 0.3 is 0 Å². The number of methoxy groups -OCH3 is 2. The quantitative estimate of drug-likeness (QED) is 0.793. The zero-order chi connectivity index (χ0) is 15.9. The summed E-state index contributed by atoms with van der Waals surface area (Å²) in [4.78, 5) is 0. The van der Waals surface area contributed by atoms with Crippen molar-refractivity contribution in [1.29, 1.82) is 5.26 Å². The van der Waals surface area contributed by atoms with Crippen molar-refractivity contribution >= 4 is 0 Å². The van der Waals surface area contributed by atoms with Crippen LogP contribution in [0.15, 0.2) is 18.2 Å². The summed E-state index contributed by atoms with van der Waals surface area (Å²) in [6.45, 7) is 7.30. The van der Waals surface area contributed by atoms with Gasteiger partial charge in [0.1, 0.15) is 11.5 Å². The minimum absolute atomic E-state index is 0.0933. The molecule has 1 aromatic rings. The molecule has 4 nitrogen and oxygen atoms in total. The van der Waals surface area contributed by atoms with Gasteiger partial charge in [-0.25, -0.2) is 0 Å². The van der Waals surface area contributed by atoms with Crippen molar-refractivity contribution in [2.75, 3.05) is 20.8 Å². The van der Waals surface area contributed by atoms with Crippen molar-refractivity contribution in [3.05, 3.63) is 23.8 Å². The number of hydrogen-bond donors (Lipinski definition) is 1. The molecule has 0 amide bonds. The van der Waals surface area contributed by atoms with Crippen molar-refractivity contribution in [2.45, 2.75) is 39.7 Å². The first kappa shape index (κ1) is 17.3. The molecule has 21 heavy (non-hydrogen) atoms. The fourth-order valence-corrected chi connectivity index (χ4v) is 2.20. The third kappa shape index (κ3) is 5.28. The summed E-state index contributed by atoms with van der Waals surface area (Å²) < 4.78 is 10.7. The Bertz CT molecular complexity index is 492. The molecule has 0 aromatic heterocycles. The zero-order valence-electron chi connectivity index (χ0n) is 13.7. The molecule has 0 aliphatic carbocycles. The Morgan fingerprint density at radius 2 is 2.00 bits per heavy atom. The van der Waals surface area contributed by atoms with E-state index in [0.717, 1.165) is 30.0 Å². The Labute approximate surface area is 128 Å². The molecule has 0 saturated carbocycles. The molecule has 0 bridgehead atoms. The lowest BCUT2D eigenvalue weighted by molar-refractivity contribution is 0.302. The monoisotopic (exact) mass is 290 g/mol. The number of benzene rings is 1. The van der Waals surface area contributed by atoms with Gasteiger partial charge in [0.15, 0.2) is 0 Å². The van der Waals surface area contributed by atoms with E-state index in [0.29, 0.717) is 6.42 Å². The maximum Gasteiger partial charge on any atom is 0.123 e. The average Bonchev–Trinajstić information content (AvgIpc) is 2.50. The molecule has 0 fully saturated rings. The van der Waals surface area contributed by atoms with Gasteiger partial charge in [-0.2, -0.15) is 5.26 Å². The van der Waals surface area contributed by atoms with Crippen molar-refractivity contribution in [1.82, 2.24) is 5.32 Å². The largest absolute Gasteiger partial charge is 0.497 e. The van der Waals surface area contributed by atoms with Gasteiger partial charge < -0.3 is 14.8 Å². The molecule has 1 rings (SSSR count). The van der Waals surface area contributed by atoms with Gasteiger partial charge in [-0.1, -0.05) is 13.8 Å². The van der Waals surface area contributed by atoms with Crippen molar-refractivity contribution in [2.24, 2.45) is 5.41 Å². The van der Waals surface area contributed by atoms with Crippen LogP contribution >= 0.6 is 0 Å². The number of nitriles is 1. The lowest BCUT2D eigenvalue weighted by Crippen LogP contribution is -2.31. The molecule has 0 spiro atoms. The third-order valence-corrected chi connectivity index (χ3v) is 3.70. The molecule has 0 saturated heterocycles. The maximum absolute atomic E-state index is 8.71. The van der Waals surface area contributed by atoms with Crippen molar-refractivity contribution < 1.29 is 9.47 Å². The summed E-state index contributed by atoms with van der Waals surface area (Å²) in [5, 5.41) is 12.2. The Kier molecular flexibility index (Phi) is 6.51. The third-order valence-electron chi connectivity index (χ3n) is 3.70. The van der Waals surface area contributed by atoms with Crippen LogP contribution in [0, 0.1) is 16.7 Å². The standard InChI is InChI=1S/C17H26N2O2/c1-13(19-12-17(2,3)9-6-10-18)15-11-14(20-4)7-8-16(15)21-5/h7-8,11,13,19H,6,9,12H2,1-5H3. The van der Waals surface area contributed by atoms with Gasteiger partial charge in [0.25, 0.3) is 0 Å². The van der Waals surface area contributed by atoms with E-state index in [2.05, 4.69) is 32.2 Å². The summed E-state index contributed by atoms with van der Waals surface area (Å²) in [5.41, 5.74) is 1.17. The van der Waals surface area contributed by atoms with Gasteiger partial charge in [0.2, 0.25) is 0 Å². The van der Waals surface area contributed by atoms with Crippen molar-refractivity contribution in [3.8, 4) is 17.6 Å². The predicted molar refractivity (Wildman–Crippen MR) is 84.6 cm³/mol. The van der Waals surface area contributed by atoms with E-state index in [4.69, 9.17) is 14.7 Å². The fraction of sp³-hybridized carbons (Fsp3) is 0.588. The molecular formula is C17H26N2O2. The highest BCUT2D eigenvalue weighted by Crippen LogP contribution is 2.30. The Morgan fingerprint density at radius 3 is 2.57 bits per heavy atom. The summed E-state index contributed by atoms with van der Waals surface area (Å²) in [6.07, 6.45) is 1.48. The fourth-order valence-electron chi connectivity index (χ4n) is 2.20. The van der Waals surface area contributed by atoms with Crippen LogP contribution in [0.3, 0.4) is 0 Å². The smallest absolute Gasteiger partial charge is 0.123 e. The number of rotatable bonds is 8. The maximum atomic E-state index is 8.71. The van der Waals surface area contributed by atoms with Gasteiger partial charge in [-0.15, -0.1) is 0 Å². The molecule has 0 radical (unpaired) electrons. The SMILES string of the molecule is COc1ccc(OC)c(C(C)NCC(C)(C)CCC#N)c1. The molecule has 0 aliphatic heterocycles. The van der Waals surface area contributed by atoms with Gasteiger partial charge in [0.05, 0.1) is 20.3 Å². The minimum atomic E-state index is 0.0933. The molecule has 0 aliphatic rings. The first-order chi connectivity index (χ1) is 9.93. The van der Waals surface area contributed by atoms with E-state index < -0.39 is 0 Å². The van der Waals surface area contributed by atoms with E-state index >= 15 is 0 Å². The van der Waals surface area contributed by atoms with Crippen LogP contribution in [-0.2, 0) is 0 Å². The van der Waals surface area contributed by atoms with E-state index in [1.165, 1.54) is 0 Å². The molecule has 0 heterocycles. The summed E-state index contributed by atoms with van der Waals surface area (Å²) in [5.74, 6) is 1.67. The topological polar surface area (TPSA) is 54.3 Å². The molecule has 1 atom stereocenters. The summed E-state index contributed by atoms with van der Waals surface area (Å²) in [7, 11) is 3.34. The average molecular weight is 290 g/mol. The second-order valence-electron chi connectivity index (χ2n) is 6.03. The molecule has 116 valence electrons. The van der Waals surface area contributed by atoms with Crippen LogP contribution < -0.4 is 14.8 Å². The first-order valence-corrected chi connectivity index (χ1v) is 7.26. The van der Waals surface area contributed by atoms with E-state index in [1.807, 2.05) is 18.2 Å². The Hall–Kier alpha value is -1.73. The number of hydrogen-bond acceptors (Lipinski definition) is 4. The zero-order valence-corrected chi connectivity index (χ0v) is 13.7. The molecule has 1 aromatic carbocycles. The normalized spacial score (nSPS) is 12.6.